The lowest BCUT2D eigenvalue weighted by Gasteiger charge is -2.14. The molecule has 0 aliphatic carbocycles. The monoisotopic (exact) mass is 289 g/mol. The molecule has 2 heterocycles. The first-order chi connectivity index (χ1) is 7.15. The van der Waals surface area contributed by atoms with E-state index in [0.29, 0.717) is 11.2 Å². The predicted octanol–water partition coefficient (Wildman–Crippen LogP) is 2.61. The van der Waals surface area contributed by atoms with Crippen molar-refractivity contribution in [3.63, 3.8) is 0 Å². The molecule has 82 valence electrons. The van der Waals surface area contributed by atoms with Crippen LogP contribution in [-0.4, -0.2) is 36.1 Å². The summed E-state index contributed by atoms with van der Waals surface area (Å²) >= 11 is 9.19. The summed E-state index contributed by atoms with van der Waals surface area (Å²) in [6.45, 7) is 2.24. The van der Waals surface area contributed by atoms with Gasteiger partial charge in [0.05, 0.1) is 16.4 Å². The van der Waals surface area contributed by atoms with Gasteiger partial charge in [-0.05, 0) is 42.0 Å². The Morgan fingerprint density at radius 2 is 2.47 bits per heavy atom. The summed E-state index contributed by atoms with van der Waals surface area (Å²) in [6, 6.07) is 2.48. The van der Waals surface area contributed by atoms with E-state index in [4.69, 9.17) is 11.6 Å². The highest BCUT2D eigenvalue weighted by molar-refractivity contribution is 9.10. The van der Waals surface area contributed by atoms with E-state index in [1.165, 1.54) is 6.42 Å². The number of rotatable bonds is 2. The van der Waals surface area contributed by atoms with E-state index >= 15 is 0 Å². The van der Waals surface area contributed by atoms with E-state index in [1.54, 1.807) is 6.20 Å². The van der Waals surface area contributed by atoms with Crippen LogP contribution in [0.25, 0.3) is 0 Å². The second kappa shape index (κ2) is 4.68. The van der Waals surface area contributed by atoms with Crippen LogP contribution in [0.15, 0.2) is 16.7 Å². The summed E-state index contributed by atoms with van der Waals surface area (Å²) in [5, 5.41) is 3.95. The van der Waals surface area contributed by atoms with Gasteiger partial charge in [0.1, 0.15) is 5.15 Å². The molecule has 0 saturated carbocycles. The number of nitrogens with zero attached hydrogens (tertiary/aromatic N) is 2. The van der Waals surface area contributed by atoms with Gasteiger partial charge in [0.15, 0.2) is 0 Å². The van der Waals surface area contributed by atoms with Gasteiger partial charge >= 0.3 is 0 Å². The first-order valence-electron chi connectivity index (χ1n) is 4.91. The summed E-state index contributed by atoms with van der Waals surface area (Å²) in [5.74, 6) is 0. The van der Waals surface area contributed by atoms with Crippen molar-refractivity contribution in [2.24, 2.45) is 0 Å². The van der Waals surface area contributed by atoms with Crippen LogP contribution in [-0.2, 0) is 0 Å². The Bertz CT molecular complexity index is 359. The Balaban J connectivity index is 2.02. The highest BCUT2D eigenvalue weighted by atomic mass is 79.9. The van der Waals surface area contributed by atoms with E-state index in [0.717, 1.165) is 23.2 Å². The number of nitrogens with one attached hydrogen (secondary N) is 1. The molecule has 1 aliphatic rings. The fraction of sp³-hybridized carbons (Fsp3) is 0.500. The van der Waals surface area contributed by atoms with Crippen LogP contribution in [0.3, 0.4) is 0 Å². The van der Waals surface area contributed by atoms with Crippen LogP contribution in [0, 0.1) is 0 Å². The van der Waals surface area contributed by atoms with Crippen molar-refractivity contribution in [2.45, 2.75) is 12.5 Å². The lowest BCUT2D eigenvalue weighted by molar-refractivity contribution is 0.414. The van der Waals surface area contributed by atoms with Crippen LogP contribution in [0.1, 0.15) is 6.42 Å². The molecule has 5 heteroatoms. The Labute approximate surface area is 103 Å². The van der Waals surface area contributed by atoms with Gasteiger partial charge in [-0.3, -0.25) is 0 Å². The average Bonchev–Trinajstić information content (AvgIpc) is 2.58. The minimum atomic E-state index is 0.504. The lowest BCUT2D eigenvalue weighted by atomic mass is 10.2. The van der Waals surface area contributed by atoms with Gasteiger partial charge in [-0.25, -0.2) is 4.98 Å². The molecule has 15 heavy (non-hydrogen) atoms. The van der Waals surface area contributed by atoms with Crippen molar-refractivity contribution in [1.29, 1.82) is 0 Å². The molecule has 0 spiro atoms. The summed E-state index contributed by atoms with van der Waals surface area (Å²) in [6.07, 6.45) is 2.95. The molecule has 0 amide bonds. The largest absolute Gasteiger partial charge is 0.380 e. The van der Waals surface area contributed by atoms with Crippen molar-refractivity contribution >= 4 is 33.2 Å². The molecule has 1 atom stereocenters. The van der Waals surface area contributed by atoms with Gasteiger partial charge in [0.25, 0.3) is 0 Å². The maximum Gasteiger partial charge on any atom is 0.143 e. The third-order valence-electron chi connectivity index (χ3n) is 2.56. The number of likely N-dealkylation sites (tertiary alicyclic amines) is 1. The third kappa shape index (κ3) is 2.83. The highest BCUT2D eigenvalue weighted by Gasteiger charge is 2.19. The molecule has 0 radical (unpaired) electrons. The molecule has 0 aromatic carbocycles. The molecule has 1 aliphatic heterocycles. The number of hydrogen-bond acceptors (Lipinski definition) is 3. The zero-order chi connectivity index (χ0) is 10.8. The van der Waals surface area contributed by atoms with E-state index in [9.17, 15) is 0 Å². The summed E-state index contributed by atoms with van der Waals surface area (Å²) < 4.78 is 0.834. The maximum atomic E-state index is 5.83. The zero-order valence-electron chi connectivity index (χ0n) is 8.50. The Hall–Kier alpha value is -0.320. The first kappa shape index (κ1) is 11.2. The molecular weight excluding hydrogens is 277 g/mol. The van der Waals surface area contributed by atoms with Gasteiger partial charge in [-0.1, -0.05) is 11.6 Å². The molecule has 3 nitrogen and oxygen atoms in total. The van der Waals surface area contributed by atoms with E-state index in [1.807, 2.05) is 6.07 Å². The Morgan fingerprint density at radius 3 is 3.07 bits per heavy atom. The number of pyridine rings is 1. The van der Waals surface area contributed by atoms with Crippen LogP contribution < -0.4 is 5.32 Å². The Morgan fingerprint density at radius 1 is 1.67 bits per heavy atom. The van der Waals surface area contributed by atoms with Gasteiger partial charge in [0, 0.05) is 12.6 Å². The predicted molar refractivity (Wildman–Crippen MR) is 66.5 cm³/mol. The normalized spacial score (nSPS) is 21.9. The zero-order valence-corrected chi connectivity index (χ0v) is 10.8. The fourth-order valence-corrected chi connectivity index (χ4v) is 2.24. The lowest BCUT2D eigenvalue weighted by Crippen LogP contribution is -2.23. The van der Waals surface area contributed by atoms with Crippen molar-refractivity contribution < 1.29 is 0 Å². The van der Waals surface area contributed by atoms with Crippen molar-refractivity contribution in [3.8, 4) is 0 Å². The van der Waals surface area contributed by atoms with Crippen LogP contribution in [0.4, 0.5) is 5.69 Å². The molecule has 0 bridgehead atoms. The van der Waals surface area contributed by atoms with Crippen molar-refractivity contribution in [1.82, 2.24) is 9.88 Å². The molecule has 1 aromatic rings. The highest BCUT2D eigenvalue weighted by Crippen LogP contribution is 2.24. The second-order valence-corrected chi connectivity index (χ2v) is 5.10. The van der Waals surface area contributed by atoms with Crippen LogP contribution >= 0.6 is 27.5 Å². The maximum absolute atomic E-state index is 5.83. The summed E-state index contributed by atoms with van der Waals surface area (Å²) in [7, 11) is 2.14. The van der Waals surface area contributed by atoms with Crippen LogP contribution in [0.5, 0.6) is 0 Å². The molecule has 1 unspecified atom stereocenters. The molecule has 1 N–H and O–H groups in total. The first-order valence-corrected chi connectivity index (χ1v) is 6.08. The van der Waals surface area contributed by atoms with Gasteiger partial charge in [-0.2, -0.15) is 0 Å². The minimum absolute atomic E-state index is 0.504. The third-order valence-corrected chi connectivity index (χ3v) is 3.69. The quantitative estimate of drug-likeness (QED) is 0.849. The number of likely N-dealkylation sites (N-methyl/N-ethyl adjacent to an activating group) is 1. The standard InChI is InChI=1S/C10H13BrClN3/c1-15-3-2-7(6-15)14-8-4-9(11)10(12)13-5-8/h4-5,7,14H,2-3,6H2,1H3. The van der Waals surface area contributed by atoms with Crippen molar-refractivity contribution in [2.75, 3.05) is 25.5 Å². The number of hydrogen-bond donors (Lipinski definition) is 1. The smallest absolute Gasteiger partial charge is 0.143 e. The molecule has 2 rings (SSSR count). The fourth-order valence-electron chi connectivity index (χ4n) is 1.79. The number of aromatic nitrogens is 1. The molecule has 1 fully saturated rings. The van der Waals surface area contributed by atoms with E-state index < -0.39 is 0 Å². The van der Waals surface area contributed by atoms with Gasteiger partial charge in [0.2, 0.25) is 0 Å². The topological polar surface area (TPSA) is 28.2 Å². The number of halogens is 2. The molecular formula is C10H13BrClN3. The van der Waals surface area contributed by atoms with Crippen molar-refractivity contribution in [3.05, 3.63) is 21.9 Å². The van der Waals surface area contributed by atoms with Crippen LogP contribution in [0.2, 0.25) is 5.15 Å². The van der Waals surface area contributed by atoms with Gasteiger partial charge in [-0.15, -0.1) is 0 Å². The summed E-state index contributed by atoms with van der Waals surface area (Å²) in [5.41, 5.74) is 1.02. The number of anilines is 1. The average molecular weight is 291 g/mol. The second-order valence-electron chi connectivity index (χ2n) is 3.89. The SMILES string of the molecule is CN1CCC(Nc2cnc(Cl)c(Br)c2)C1. The minimum Gasteiger partial charge on any atom is -0.380 e. The summed E-state index contributed by atoms with van der Waals surface area (Å²) in [4.78, 5) is 6.40. The molecule has 1 aromatic heterocycles. The van der Waals surface area contributed by atoms with Gasteiger partial charge < -0.3 is 10.2 Å². The van der Waals surface area contributed by atoms with E-state index in [-0.39, 0.29) is 0 Å². The van der Waals surface area contributed by atoms with E-state index in [2.05, 4.69) is 38.2 Å². The Kier molecular flexibility index (Phi) is 3.49. The molecule has 1 saturated heterocycles.